The van der Waals surface area contributed by atoms with Crippen molar-refractivity contribution in [3.05, 3.63) is 22.7 Å². The summed E-state index contributed by atoms with van der Waals surface area (Å²) in [4.78, 5) is 0.215. The summed E-state index contributed by atoms with van der Waals surface area (Å²) in [5, 5.41) is 3.55. The normalized spacial score (nSPS) is 21.1. The van der Waals surface area contributed by atoms with E-state index in [0.29, 0.717) is 5.75 Å². The van der Waals surface area contributed by atoms with Gasteiger partial charge in [0.25, 0.3) is 0 Å². The van der Waals surface area contributed by atoms with Gasteiger partial charge in [-0.1, -0.05) is 0 Å². The number of piperidine rings is 1. The fourth-order valence-corrected chi connectivity index (χ4v) is 5.16. The molecular weight excluding hydrogens is 380 g/mol. The number of benzene rings is 1. The third-order valence-electron chi connectivity index (χ3n) is 3.94. The van der Waals surface area contributed by atoms with Crippen molar-refractivity contribution in [1.29, 1.82) is 0 Å². The molecule has 130 valence electrons. The Kier molecular flexibility index (Phi) is 5.16. The summed E-state index contributed by atoms with van der Waals surface area (Å²) >= 11 is 3.34. The number of hydrogen-bond donors (Lipinski definition) is 2. The van der Waals surface area contributed by atoms with Gasteiger partial charge in [-0.15, -0.1) is 0 Å². The van der Waals surface area contributed by atoms with Gasteiger partial charge in [0.2, 0.25) is 10.0 Å². The van der Waals surface area contributed by atoms with E-state index in [2.05, 4.69) is 53.7 Å². The molecule has 1 aromatic rings. The molecule has 1 heterocycles. The van der Waals surface area contributed by atoms with Crippen molar-refractivity contribution in [1.82, 2.24) is 10.0 Å². The van der Waals surface area contributed by atoms with Crippen molar-refractivity contribution in [2.45, 2.75) is 62.6 Å². The highest BCUT2D eigenvalue weighted by atomic mass is 79.9. The van der Waals surface area contributed by atoms with Crippen LogP contribution in [0, 0.1) is 0 Å². The number of sulfonamides is 1. The molecular formula is C16H25BrN2O3S. The van der Waals surface area contributed by atoms with Gasteiger partial charge in [0, 0.05) is 23.2 Å². The van der Waals surface area contributed by atoms with Crippen molar-refractivity contribution < 1.29 is 13.2 Å². The van der Waals surface area contributed by atoms with Crippen molar-refractivity contribution in [3.63, 3.8) is 0 Å². The molecule has 0 atom stereocenters. The van der Waals surface area contributed by atoms with Gasteiger partial charge in [0.1, 0.15) is 5.75 Å². The summed E-state index contributed by atoms with van der Waals surface area (Å²) in [6.07, 6.45) is 1.48. The van der Waals surface area contributed by atoms with Gasteiger partial charge >= 0.3 is 0 Å². The highest BCUT2D eigenvalue weighted by Gasteiger charge is 2.39. The third-order valence-corrected chi connectivity index (χ3v) is 6.12. The van der Waals surface area contributed by atoms with Gasteiger partial charge in [0.05, 0.1) is 16.5 Å². The van der Waals surface area contributed by atoms with Crippen LogP contribution in [-0.2, 0) is 10.0 Å². The predicted octanol–water partition coefficient (Wildman–Crippen LogP) is 3.05. The summed E-state index contributed by atoms with van der Waals surface area (Å²) in [6.45, 7) is 8.38. The minimum Gasteiger partial charge on any atom is -0.496 e. The summed E-state index contributed by atoms with van der Waals surface area (Å²) in [5.74, 6) is 0.499. The third kappa shape index (κ3) is 4.68. The summed E-state index contributed by atoms with van der Waals surface area (Å²) in [5.41, 5.74) is -0.237. The predicted molar refractivity (Wildman–Crippen MR) is 95.3 cm³/mol. The lowest BCUT2D eigenvalue weighted by atomic mass is 9.80. The van der Waals surface area contributed by atoms with Gasteiger partial charge in [-0.05, 0) is 68.6 Å². The van der Waals surface area contributed by atoms with E-state index in [1.54, 1.807) is 12.1 Å². The quantitative estimate of drug-likeness (QED) is 0.808. The maximum atomic E-state index is 12.7. The Bertz CT molecular complexity index is 671. The SMILES string of the molecule is COc1cc(S(=O)(=O)NC2CC(C)(C)NC(C)(C)C2)ccc1Br. The average molecular weight is 405 g/mol. The Balaban J connectivity index is 2.24. The number of methoxy groups -OCH3 is 1. The highest BCUT2D eigenvalue weighted by molar-refractivity contribution is 9.10. The second kappa shape index (κ2) is 6.35. The molecule has 23 heavy (non-hydrogen) atoms. The van der Waals surface area contributed by atoms with E-state index in [0.717, 1.165) is 17.3 Å². The molecule has 2 N–H and O–H groups in total. The van der Waals surface area contributed by atoms with Crippen LogP contribution in [-0.4, -0.2) is 32.6 Å². The molecule has 0 aromatic heterocycles. The lowest BCUT2D eigenvalue weighted by Crippen LogP contribution is -2.62. The molecule has 0 radical (unpaired) electrons. The molecule has 1 aromatic carbocycles. The smallest absolute Gasteiger partial charge is 0.240 e. The lowest BCUT2D eigenvalue weighted by Gasteiger charge is -2.46. The van der Waals surface area contributed by atoms with Gasteiger partial charge in [-0.25, -0.2) is 13.1 Å². The Morgan fingerprint density at radius 3 is 2.30 bits per heavy atom. The highest BCUT2D eigenvalue weighted by Crippen LogP contribution is 2.31. The molecule has 0 spiro atoms. The largest absolute Gasteiger partial charge is 0.496 e. The zero-order valence-corrected chi connectivity index (χ0v) is 16.6. The van der Waals surface area contributed by atoms with Crippen LogP contribution in [0.15, 0.2) is 27.6 Å². The van der Waals surface area contributed by atoms with Crippen molar-refractivity contribution in [3.8, 4) is 5.75 Å². The zero-order chi connectivity index (χ0) is 17.5. The summed E-state index contributed by atoms with van der Waals surface area (Å²) < 4.78 is 34.2. The Hall–Kier alpha value is -0.630. The summed E-state index contributed by atoms with van der Waals surface area (Å²) in [7, 11) is -2.07. The zero-order valence-electron chi connectivity index (χ0n) is 14.2. The van der Waals surface area contributed by atoms with Gasteiger partial charge in [-0.2, -0.15) is 0 Å². The van der Waals surface area contributed by atoms with E-state index in [4.69, 9.17) is 4.74 Å². The molecule has 2 rings (SSSR count). The van der Waals surface area contributed by atoms with Crippen molar-refractivity contribution in [2.75, 3.05) is 7.11 Å². The van der Waals surface area contributed by atoms with E-state index >= 15 is 0 Å². The second-order valence-electron chi connectivity index (χ2n) is 7.42. The second-order valence-corrected chi connectivity index (χ2v) is 9.98. The average Bonchev–Trinajstić information content (AvgIpc) is 2.34. The summed E-state index contributed by atoms with van der Waals surface area (Å²) in [6, 6.07) is 4.68. The fraction of sp³-hybridized carbons (Fsp3) is 0.625. The fourth-order valence-electron chi connectivity index (χ4n) is 3.50. The van der Waals surface area contributed by atoms with Crippen LogP contribution in [0.3, 0.4) is 0 Å². The molecule has 1 aliphatic rings. The monoisotopic (exact) mass is 404 g/mol. The van der Waals surface area contributed by atoms with Crippen molar-refractivity contribution in [2.24, 2.45) is 0 Å². The molecule has 7 heteroatoms. The first-order valence-corrected chi connectivity index (χ1v) is 9.87. The minimum atomic E-state index is -3.59. The van der Waals surface area contributed by atoms with Crippen LogP contribution < -0.4 is 14.8 Å². The molecule has 0 unspecified atom stereocenters. The standard InChI is InChI=1S/C16H25BrN2O3S/c1-15(2)9-11(10-16(3,4)19-15)18-23(20,21)12-6-7-13(17)14(8-12)22-5/h6-8,11,18-19H,9-10H2,1-5H3. The Labute approximate surface area is 147 Å². The number of rotatable bonds is 4. The van der Waals surface area contributed by atoms with E-state index < -0.39 is 10.0 Å². The van der Waals surface area contributed by atoms with Crippen LogP contribution >= 0.6 is 15.9 Å². The van der Waals surface area contributed by atoms with Gasteiger partial charge in [-0.3, -0.25) is 0 Å². The van der Waals surface area contributed by atoms with E-state index in [-0.39, 0.29) is 22.0 Å². The lowest BCUT2D eigenvalue weighted by molar-refractivity contribution is 0.157. The van der Waals surface area contributed by atoms with Crippen LogP contribution in [0.5, 0.6) is 5.75 Å². The number of nitrogens with one attached hydrogen (secondary N) is 2. The first-order valence-electron chi connectivity index (χ1n) is 7.59. The molecule has 0 saturated carbocycles. The molecule has 0 aliphatic carbocycles. The first kappa shape index (κ1) is 18.7. The Morgan fingerprint density at radius 2 is 1.78 bits per heavy atom. The van der Waals surface area contributed by atoms with Crippen molar-refractivity contribution >= 4 is 26.0 Å². The maximum Gasteiger partial charge on any atom is 0.240 e. The topological polar surface area (TPSA) is 67.4 Å². The number of halogens is 1. The Morgan fingerprint density at radius 1 is 1.22 bits per heavy atom. The molecule has 1 fully saturated rings. The molecule has 0 amide bonds. The molecule has 1 aliphatic heterocycles. The van der Waals surface area contributed by atoms with Crippen LogP contribution in [0.1, 0.15) is 40.5 Å². The van der Waals surface area contributed by atoms with Crippen LogP contribution in [0.2, 0.25) is 0 Å². The van der Waals surface area contributed by atoms with Gasteiger partial charge in [0.15, 0.2) is 0 Å². The molecule has 5 nitrogen and oxygen atoms in total. The minimum absolute atomic E-state index is 0.110. The van der Waals surface area contributed by atoms with Crippen LogP contribution in [0.25, 0.3) is 0 Å². The maximum absolute atomic E-state index is 12.7. The van der Waals surface area contributed by atoms with E-state index in [1.807, 2.05) is 0 Å². The van der Waals surface area contributed by atoms with Crippen LogP contribution in [0.4, 0.5) is 0 Å². The molecule has 0 bridgehead atoms. The first-order chi connectivity index (χ1) is 10.4. The number of hydrogen-bond acceptors (Lipinski definition) is 4. The van der Waals surface area contributed by atoms with E-state index in [1.165, 1.54) is 13.2 Å². The van der Waals surface area contributed by atoms with Gasteiger partial charge < -0.3 is 10.1 Å². The van der Waals surface area contributed by atoms with E-state index in [9.17, 15) is 8.42 Å². The number of ether oxygens (including phenoxy) is 1. The molecule has 1 saturated heterocycles.